The van der Waals surface area contributed by atoms with Gasteiger partial charge in [0.2, 0.25) is 5.28 Å². The van der Waals surface area contributed by atoms with E-state index in [9.17, 15) is 5.11 Å². The third kappa shape index (κ3) is 2.11. The number of anilines is 1. The number of hydrogen-bond acceptors (Lipinski definition) is 4. The molecule has 1 atom stereocenters. The summed E-state index contributed by atoms with van der Waals surface area (Å²) in [6.07, 6.45) is 3.49. The number of halogens is 1. The van der Waals surface area contributed by atoms with Crippen molar-refractivity contribution in [2.45, 2.75) is 18.9 Å². The molecule has 0 saturated carbocycles. The number of nitrogens with zero attached hydrogens (tertiary/aromatic N) is 2. The zero-order valence-electron chi connectivity index (χ0n) is 9.60. The predicted molar refractivity (Wildman–Crippen MR) is 69.8 cm³/mol. The highest BCUT2D eigenvalue weighted by Crippen LogP contribution is 2.33. The topological polar surface area (TPSA) is 58.0 Å². The Labute approximate surface area is 110 Å². The summed E-state index contributed by atoms with van der Waals surface area (Å²) in [6.45, 7) is 0. The molecule has 4 nitrogen and oxygen atoms in total. The van der Waals surface area contributed by atoms with Gasteiger partial charge in [-0.25, -0.2) is 9.97 Å². The van der Waals surface area contributed by atoms with Crippen LogP contribution in [0.2, 0.25) is 5.28 Å². The Kier molecular flexibility index (Phi) is 2.80. The number of aromatic hydroxyl groups is 1. The quantitative estimate of drug-likeness (QED) is 0.612. The van der Waals surface area contributed by atoms with Crippen LogP contribution in [0.25, 0.3) is 0 Å². The Morgan fingerprint density at radius 3 is 3.06 bits per heavy atom. The Morgan fingerprint density at radius 1 is 1.33 bits per heavy atom. The first-order valence-corrected chi connectivity index (χ1v) is 6.17. The van der Waals surface area contributed by atoms with Crippen LogP contribution in [0, 0.1) is 0 Å². The lowest BCUT2D eigenvalue weighted by Gasteiger charge is -2.26. The standard InChI is InChI=1S/C13H12ClN3O/c14-13-15-6-5-12(17-13)11-3-1-8-7-9(18)2-4-10(8)16-11/h2,4-7,11,16,18H,1,3H2. The lowest BCUT2D eigenvalue weighted by molar-refractivity contribution is 0.474. The average molecular weight is 262 g/mol. The van der Waals surface area contributed by atoms with Crippen LogP contribution in [-0.4, -0.2) is 15.1 Å². The van der Waals surface area contributed by atoms with Crippen LogP contribution in [0.15, 0.2) is 30.5 Å². The fourth-order valence-corrected chi connectivity index (χ4v) is 2.41. The molecule has 2 aromatic rings. The van der Waals surface area contributed by atoms with E-state index >= 15 is 0 Å². The summed E-state index contributed by atoms with van der Waals surface area (Å²) < 4.78 is 0. The zero-order valence-corrected chi connectivity index (χ0v) is 10.4. The summed E-state index contributed by atoms with van der Waals surface area (Å²) in [5, 5.41) is 13.1. The first-order chi connectivity index (χ1) is 8.72. The molecule has 0 spiro atoms. The van der Waals surface area contributed by atoms with Crippen molar-refractivity contribution in [3.63, 3.8) is 0 Å². The van der Waals surface area contributed by atoms with E-state index in [1.165, 1.54) is 0 Å². The van der Waals surface area contributed by atoms with Gasteiger partial charge in [-0.1, -0.05) is 0 Å². The highest BCUT2D eigenvalue weighted by Gasteiger charge is 2.20. The Hall–Kier alpha value is -1.81. The average Bonchev–Trinajstić information content (AvgIpc) is 2.38. The number of phenols is 1. The molecule has 0 bridgehead atoms. The second-order valence-corrected chi connectivity index (χ2v) is 4.67. The molecule has 0 aliphatic carbocycles. The minimum absolute atomic E-state index is 0.141. The molecule has 0 saturated heterocycles. The fraction of sp³-hybridized carbons (Fsp3) is 0.231. The summed E-state index contributed by atoms with van der Waals surface area (Å²) in [4.78, 5) is 8.11. The molecule has 1 aliphatic heterocycles. The SMILES string of the molecule is Oc1ccc2c(c1)CCC(c1ccnc(Cl)n1)N2. The number of rotatable bonds is 1. The van der Waals surface area contributed by atoms with Gasteiger partial charge in [-0.15, -0.1) is 0 Å². The maximum Gasteiger partial charge on any atom is 0.222 e. The van der Waals surface area contributed by atoms with Gasteiger partial charge in [-0.3, -0.25) is 0 Å². The number of nitrogens with one attached hydrogen (secondary N) is 1. The van der Waals surface area contributed by atoms with Crippen LogP contribution >= 0.6 is 11.6 Å². The van der Waals surface area contributed by atoms with E-state index in [2.05, 4.69) is 15.3 Å². The van der Waals surface area contributed by atoms with E-state index < -0.39 is 0 Å². The lowest BCUT2D eigenvalue weighted by Crippen LogP contribution is -2.19. The molecule has 1 aromatic carbocycles. The second-order valence-electron chi connectivity index (χ2n) is 4.33. The number of phenolic OH excluding ortho intramolecular Hbond substituents is 1. The van der Waals surface area contributed by atoms with Crippen LogP contribution in [0.4, 0.5) is 5.69 Å². The number of aromatic nitrogens is 2. The lowest BCUT2D eigenvalue weighted by atomic mass is 9.96. The maximum absolute atomic E-state index is 9.44. The number of aryl methyl sites for hydroxylation is 1. The van der Waals surface area contributed by atoms with Gasteiger partial charge >= 0.3 is 0 Å². The smallest absolute Gasteiger partial charge is 0.222 e. The molecular weight excluding hydrogens is 250 g/mol. The molecule has 0 radical (unpaired) electrons. The van der Waals surface area contributed by atoms with Crippen molar-refractivity contribution < 1.29 is 5.11 Å². The first-order valence-electron chi connectivity index (χ1n) is 5.79. The highest BCUT2D eigenvalue weighted by atomic mass is 35.5. The van der Waals surface area contributed by atoms with E-state index in [0.29, 0.717) is 5.75 Å². The van der Waals surface area contributed by atoms with Crippen molar-refractivity contribution >= 4 is 17.3 Å². The number of benzene rings is 1. The van der Waals surface area contributed by atoms with Crippen molar-refractivity contribution in [3.05, 3.63) is 47.0 Å². The van der Waals surface area contributed by atoms with E-state index in [0.717, 1.165) is 29.8 Å². The molecule has 5 heteroatoms. The molecule has 3 rings (SSSR count). The van der Waals surface area contributed by atoms with Gasteiger partial charge in [-0.05, 0) is 54.3 Å². The van der Waals surface area contributed by atoms with Gasteiger partial charge in [0, 0.05) is 11.9 Å². The van der Waals surface area contributed by atoms with Crippen LogP contribution in [0.1, 0.15) is 23.7 Å². The van der Waals surface area contributed by atoms with E-state index in [-0.39, 0.29) is 11.3 Å². The van der Waals surface area contributed by atoms with Crippen LogP contribution in [-0.2, 0) is 6.42 Å². The minimum Gasteiger partial charge on any atom is -0.508 e. The molecule has 0 amide bonds. The van der Waals surface area contributed by atoms with Gasteiger partial charge in [0.15, 0.2) is 0 Å². The monoisotopic (exact) mass is 261 g/mol. The van der Waals surface area contributed by atoms with E-state index in [1.54, 1.807) is 18.3 Å². The first kappa shape index (κ1) is 11.3. The van der Waals surface area contributed by atoms with E-state index in [4.69, 9.17) is 11.6 Å². The van der Waals surface area contributed by atoms with Gasteiger partial charge < -0.3 is 10.4 Å². The molecule has 2 N–H and O–H groups in total. The normalized spacial score (nSPS) is 17.9. The van der Waals surface area contributed by atoms with Gasteiger partial charge in [0.1, 0.15) is 5.75 Å². The molecule has 18 heavy (non-hydrogen) atoms. The van der Waals surface area contributed by atoms with Crippen molar-refractivity contribution in [3.8, 4) is 5.75 Å². The Morgan fingerprint density at radius 2 is 2.22 bits per heavy atom. The third-order valence-electron chi connectivity index (χ3n) is 3.13. The van der Waals surface area contributed by atoms with Gasteiger partial charge in [-0.2, -0.15) is 0 Å². The molecule has 1 unspecified atom stereocenters. The summed E-state index contributed by atoms with van der Waals surface area (Å²) in [5.74, 6) is 0.305. The summed E-state index contributed by atoms with van der Waals surface area (Å²) in [7, 11) is 0. The van der Waals surface area contributed by atoms with Crippen LogP contribution < -0.4 is 5.32 Å². The summed E-state index contributed by atoms with van der Waals surface area (Å²) in [5.41, 5.74) is 3.07. The van der Waals surface area contributed by atoms with Crippen molar-refractivity contribution in [1.82, 2.24) is 9.97 Å². The van der Waals surface area contributed by atoms with Gasteiger partial charge in [0.25, 0.3) is 0 Å². The summed E-state index contributed by atoms with van der Waals surface area (Å²) in [6, 6.07) is 7.38. The molecule has 0 fully saturated rings. The number of hydrogen-bond donors (Lipinski definition) is 2. The molecule has 1 aromatic heterocycles. The van der Waals surface area contributed by atoms with Gasteiger partial charge in [0.05, 0.1) is 11.7 Å². The molecular formula is C13H12ClN3O. The summed E-state index contributed by atoms with van der Waals surface area (Å²) >= 11 is 5.80. The molecule has 2 heterocycles. The van der Waals surface area contributed by atoms with Crippen LogP contribution in [0.5, 0.6) is 5.75 Å². The Bertz CT molecular complexity index is 588. The second kappa shape index (κ2) is 4.46. The Balaban J connectivity index is 1.89. The van der Waals surface area contributed by atoms with Crippen molar-refractivity contribution in [2.75, 3.05) is 5.32 Å². The predicted octanol–water partition coefficient (Wildman–Crippen LogP) is 2.94. The zero-order chi connectivity index (χ0) is 12.5. The van der Waals surface area contributed by atoms with Crippen LogP contribution in [0.3, 0.4) is 0 Å². The van der Waals surface area contributed by atoms with Crippen molar-refractivity contribution in [1.29, 1.82) is 0 Å². The fourth-order valence-electron chi connectivity index (χ4n) is 2.25. The van der Waals surface area contributed by atoms with Crippen molar-refractivity contribution in [2.24, 2.45) is 0 Å². The third-order valence-corrected chi connectivity index (χ3v) is 3.31. The maximum atomic E-state index is 9.44. The minimum atomic E-state index is 0.141. The molecule has 92 valence electrons. The molecule has 1 aliphatic rings. The number of fused-ring (bicyclic) bond motifs is 1. The largest absolute Gasteiger partial charge is 0.508 e. The van der Waals surface area contributed by atoms with E-state index in [1.807, 2.05) is 12.1 Å². The highest BCUT2D eigenvalue weighted by molar-refractivity contribution is 6.28.